The van der Waals surface area contributed by atoms with Crippen molar-refractivity contribution in [2.45, 2.75) is 74.3 Å². The fourth-order valence-corrected chi connectivity index (χ4v) is 11.9. The highest BCUT2D eigenvalue weighted by molar-refractivity contribution is 7.89. The van der Waals surface area contributed by atoms with Crippen LogP contribution in [-0.2, 0) is 32.6 Å². The van der Waals surface area contributed by atoms with Crippen LogP contribution >= 0.6 is 23.2 Å². The molecule has 5 aromatic rings. The first-order valence-corrected chi connectivity index (χ1v) is 26.2. The van der Waals surface area contributed by atoms with Crippen LogP contribution in [0.25, 0.3) is 0 Å². The second kappa shape index (κ2) is 22.6. The zero-order chi connectivity index (χ0) is 50.5. The number of hydrogen-bond donors (Lipinski definition) is 2. The summed E-state index contributed by atoms with van der Waals surface area (Å²) in [5.74, 6) is -1.21. The zero-order valence-corrected chi connectivity index (χ0v) is 41.5. The quantitative estimate of drug-likeness (QED) is 0.0565. The van der Waals surface area contributed by atoms with Gasteiger partial charge in [-0.05, 0) is 116 Å². The molecule has 0 spiro atoms. The predicted octanol–water partition coefficient (Wildman–Crippen LogP) is 8.29. The third kappa shape index (κ3) is 12.3. The lowest BCUT2D eigenvalue weighted by atomic mass is 9.84. The highest BCUT2D eigenvalue weighted by Crippen LogP contribution is 2.40. The molecule has 5 aliphatic rings. The number of piperazine rings is 1. The van der Waals surface area contributed by atoms with Crippen LogP contribution in [0, 0.1) is 17.0 Å². The van der Waals surface area contributed by atoms with Gasteiger partial charge in [-0.25, -0.2) is 13.2 Å². The number of pyridine rings is 1. The van der Waals surface area contributed by atoms with E-state index in [4.69, 9.17) is 42.1 Å². The average Bonchev–Trinajstić information content (AvgIpc) is 4.21. The molecule has 5 fully saturated rings. The van der Waals surface area contributed by atoms with Crippen molar-refractivity contribution in [3.8, 4) is 17.2 Å². The molecule has 20 heteroatoms. The number of nitrogens with zero attached hydrogens (tertiary/aromatic N) is 4. The van der Waals surface area contributed by atoms with Gasteiger partial charge in [-0.2, -0.15) is 17.8 Å². The summed E-state index contributed by atoms with van der Waals surface area (Å²) >= 11 is 13.0. The minimum Gasteiger partial charge on any atom is -0.619 e. The molecule has 5 heterocycles. The molecule has 2 N–H and O–H groups in total. The highest BCUT2D eigenvalue weighted by atomic mass is 35.5. The van der Waals surface area contributed by atoms with Crippen LogP contribution in [0.4, 0.5) is 13.6 Å². The number of piperidine rings is 3. The number of ether oxygens (including phenoxy) is 4. The van der Waals surface area contributed by atoms with Gasteiger partial charge < -0.3 is 34.6 Å². The molecule has 1 unspecified atom stereocenters. The number of fused-ring (bicyclic) bond motifs is 3. The minimum atomic E-state index is -4.03. The number of alkyl carbamates (subject to hydrolysis) is 1. The molecule has 1 aliphatic carbocycles. The molecule has 4 aliphatic heterocycles. The Morgan fingerprint density at radius 3 is 2.14 bits per heavy atom. The van der Waals surface area contributed by atoms with Gasteiger partial charge in [0.25, 0.3) is 0 Å². The summed E-state index contributed by atoms with van der Waals surface area (Å²) in [6.07, 6.45) is 5.38. The lowest BCUT2D eigenvalue weighted by molar-refractivity contribution is -0.605. The fourth-order valence-electron chi connectivity index (χ4n) is 9.91. The number of carbonyl (C=O) groups excluding carboxylic acids is 1. The largest absolute Gasteiger partial charge is 0.619 e. The van der Waals surface area contributed by atoms with Gasteiger partial charge in [0.1, 0.15) is 34.5 Å². The number of halogens is 4. The van der Waals surface area contributed by atoms with Crippen LogP contribution in [0.2, 0.25) is 10.0 Å². The highest BCUT2D eigenvalue weighted by Gasteiger charge is 2.41. The zero-order valence-electron chi connectivity index (χ0n) is 39.2. The molecule has 382 valence electrons. The molecule has 4 aromatic carbocycles. The van der Waals surface area contributed by atoms with Crippen molar-refractivity contribution in [3.63, 3.8) is 0 Å². The Hall–Kier alpha value is -5.76. The summed E-state index contributed by atoms with van der Waals surface area (Å²) < 4.78 is 79.7. The minimum absolute atomic E-state index is 0.00297. The number of alkyl halides is 2. The summed E-state index contributed by atoms with van der Waals surface area (Å²) in [4.78, 5) is 30.8. The van der Waals surface area contributed by atoms with Crippen LogP contribution in [0.15, 0.2) is 114 Å². The maximum atomic E-state index is 14.1. The van der Waals surface area contributed by atoms with E-state index in [0.29, 0.717) is 33.1 Å². The van der Waals surface area contributed by atoms with Crippen molar-refractivity contribution in [1.29, 1.82) is 0 Å². The average molecular weight is 1050 g/mol. The molecule has 2 bridgehead atoms. The first kappa shape index (κ1) is 51.2. The van der Waals surface area contributed by atoms with E-state index in [0.717, 1.165) is 68.8 Å². The van der Waals surface area contributed by atoms with E-state index in [1.165, 1.54) is 34.6 Å². The molecule has 4 saturated heterocycles. The Balaban J connectivity index is 0.863. The Morgan fingerprint density at radius 2 is 1.50 bits per heavy atom. The van der Waals surface area contributed by atoms with Crippen LogP contribution in [0.3, 0.4) is 0 Å². The van der Waals surface area contributed by atoms with Crippen LogP contribution in [0.1, 0.15) is 65.5 Å². The normalized spacial score (nSPS) is 20.6. The number of benzene rings is 4. The predicted molar refractivity (Wildman–Crippen MR) is 263 cm³/mol. The summed E-state index contributed by atoms with van der Waals surface area (Å²) in [5.41, 5.74) is 3.05. The Kier molecular flexibility index (Phi) is 16.0. The smallest absolute Gasteiger partial charge is 0.408 e. The topological polar surface area (TPSA) is 174 Å². The van der Waals surface area contributed by atoms with E-state index in [1.807, 2.05) is 54.6 Å². The summed E-state index contributed by atoms with van der Waals surface area (Å²) in [7, 11) is -4.03. The molecular weight excluding hydrogens is 996 g/mol. The van der Waals surface area contributed by atoms with Crippen molar-refractivity contribution in [1.82, 2.24) is 19.4 Å². The van der Waals surface area contributed by atoms with E-state index in [2.05, 4.69) is 10.2 Å². The standard InChI is InChI=1S/C52H55Cl2F2N5O10S/c53-43-28-60(65)29-44(54)42(43)27-41(37-13-16-45(70-51(55)56)46(26-37)69-32-33-9-10-33)49(50(62)63)59-21-23-61(24-22-59)72(66,67)40-14-11-34(12-15-40)31-68-39-8-4-7-38(25-39)48(36-5-2-1-3-6-36)57-52(64)71-47-30-58-19-17-35(47)18-20-58/h1-8,11-16,25-26,28-29,33,35,41,47-49,51H,9-10,17-24,27,30-32H2,(H,57,64)(H,62,63)/t41-,47-,48-,49?/m0/s1. The summed E-state index contributed by atoms with van der Waals surface area (Å²) in [6, 6.07) is 25.9. The Morgan fingerprint density at radius 1 is 0.806 bits per heavy atom. The molecule has 72 heavy (non-hydrogen) atoms. The van der Waals surface area contributed by atoms with Gasteiger partial charge in [-0.3, -0.25) is 14.6 Å². The Bertz CT molecular complexity index is 2790. The van der Waals surface area contributed by atoms with Crippen molar-refractivity contribution >= 4 is 45.3 Å². The van der Waals surface area contributed by atoms with Gasteiger partial charge in [0.2, 0.25) is 10.0 Å². The molecule has 15 nitrogen and oxygen atoms in total. The number of sulfonamides is 1. The SMILES string of the molecule is O=C(N[C@@H](c1ccccc1)c1cccc(OCc2ccc(S(=O)(=O)N3CCN(C(C(=O)O)[C@@H](Cc4c(Cl)c[n+]([O-])cc4Cl)c4ccc(OC(F)F)c(OCC5CC5)c4)CC3)cc2)c1)O[C@H]1CN2CCC1CC2. The van der Waals surface area contributed by atoms with E-state index in [1.54, 1.807) is 17.0 Å². The van der Waals surface area contributed by atoms with Crippen molar-refractivity contribution < 1.29 is 55.6 Å². The van der Waals surface area contributed by atoms with Crippen LogP contribution in [-0.4, -0.2) is 111 Å². The fraction of sp³-hybridized carbons (Fsp3) is 0.404. The maximum absolute atomic E-state index is 14.1. The molecule has 0 radical (unpaired) electrons. The lowest BCUT2D eigenvalue weighted by Crippen LogP contribution is -2.55. The second-order valence-corrected chi connectivity index (χ2v) is 21.5. The Labute approximate surface area is 426 Å². The van der Waals surface area contributed by atoms with Gasteiger partial charge in [0, 0.05) is 44.2 Å². The number of carboxylic acids is 1. The molecule has 1 saturated carbocycles. The first-order valence-electron chi connectivity index (χ1n) is 24.0. The number of aliphatic carboxylic acids is 1. The number of nitrogens with one attached hydrogen (secondary N) is 1. The summed E-state index contributed by atoms with van der Waals surface area (Å²) in [6.45, 7) is 0.0137. The van der Waals surface area contributed by atoms with Crippen LogP contribution in [0.5, 0.6) is 17.2 Å². The van der Waals surface area contributed by atoms with E-state index in [9.17, 15) is 37.1 Å². The number of hydrogen-bond acceptors (Lipinski definition) is 11. The molecule has 4 atom stereocenters. The molecule has 10 rings (SSSR count). The molecular formula is C52H55Cl2F2N5O10S. The van der Waals surface area contributed by atoms with E-state index >= 15 is 0 Å². The van der Waals surface area contributed by atoms with Gasteiger partial charge in [-0.1, -0.05) is 83.9 Å². The number of rotatable bonds is 20. The number of aromatic nitrogens is 1. The van der Waals surface area contributed by atoms with Crippen LogP contribution < -0.4 is 24.3 Å². The maximum Gasteiger partial charge on any atom is 0.408 e. The number of carboxylic acid groups (broad SMARTS) is 1. The van der Waals surface area contributed by atoms with Gasteiger partial charge >= 0.3 is 18.7 Å². The van der Waals surface area contributed by atoms with E-state index < -0.39 is 46.7 Å². The van der Waals surface area contributed by atoms with Crippen molar-refractivity contribution in [3.05, 3.63) is 153 Å². The van der Waals surface area contributed by atoms with Crippen molar-refractivity contribution in [2.75, 3.05) is 52.4 Å². The van der Waals surface area contributed by atoms with Crippen molar-refractivity contribution in [2.24, 2.45) is 11.8 Å². The van der Waals surface area contributed by atoms with Gasteiger partial charge in [0.05, 0.1) is 17.5 Å². The third-order valence-electron chi connectivity index (χ3n) is 14.0. The first-order chi connectivity index (χ1) is 34.7. The molecule has 1 amide bonds. The monoisotopic (exact) mass is 1050 g/mol. The number of carbonyl (C=O) groups is 2. The lowest BCUT2D eigenvalue weighted by Gasteiger charge is -2.43. The van der Waals surface area contributed by atoms with Gasteiger partial charge in [0.15, 0.2) is 23.9 Å². The van der Waals surface area contributed by atoms with E-state index in [-0.39, 0.29) is 84.3 Å². The third-order valence-corrected chi connectivity index (χ3v) is 16.5. The number of amides is 1. The molecule has 1 aromatic heterocycles. The summed E-state index contributed by atoms with van der Waals surface area (Å²) in [5, 5.41) is 26.1. The second-order valence-electron chi connectivity index (χ2n) is 18.7. The van der Waals surface area contributed by atoms with Gasteiger partial charge in [-0.15, -0.1) is 0 Å².